The number of aliphatic hydroxyl groups excluding tert-OH is 2. The number of nitrogens with zero attached hydrogens (tertiary/aromatic N) is 7. The van der Waals surface area contributed by atoms with Crippen molar-refractivity contribution < 1.29 is 37.7 Å². The van der Waals surface area contributed by atoms with E-state index in [1.165, 1.54) is 35.0 Å². The van der Waals surface area contributed by atoms with Crippen molar-refractivity contribution in [2.24, 2.45) is 0 Å². The predicted molar refractivity (Wildman–Crippen MR) is 147 cm³/mol. The van der Waals surface area contributed by atoms with E-state index in [0.29, 0.717) is 0 Å². The molecule has 18 nitrogen and oxygen atoms in total. The zero-order valence-corrected chi connectivity index (χ0v) is 23.7. The molecule has 0 radical (unpaired) electrons. The summed E-state index contributed by atoms with van der Waals surface area (Å²) in [7, 11) is 0. The van der Waals surface area contributed by atoms with E-state index >= 15 is 0 Å². The summed E-state index contributed by atoms with van der Waals surface area (Å²) in [5.41, 5.74) is 11.4. The Morgan fingerprint density at radius 2 is 2.02 bits per heavy atom. The Hall–Kier alpha value is -3.23. The minimum Gasteiger partial charge on any atom is -0.394 e. The summed E-state index contributed by atoms with van der Waals surface area (Å²) in [5, 5.41) is 20.0. The van der Waals surface area contributed by atoms with E-state index in [-0.39, 0.29) is 47.1 Å². The molecule has 0 spiro atoms. The highest BCUT2D eigenvalue weighted by molar-refractivity contribution is 8.44. The fourth-order valence-corrected chi connectivity index (χ4v) is 5.91. The van der Waals surface area contributed by atoms with Gasteiger partial charge in [0.15, 0.2) is 35.1 Å². The number of anilines is 2. The molecule has 0 aromatic carbocycles. The predicted octanol–water partition coefficient (Wildman–Crippen LogP) is 0.0775. The lowest BCUT2D eigenvalue weighted by Gasteiger charge is -2.28. The average molecular weight is 631 g/mol. The van der Waals surface area contributed by atoms with E-state index < -0.39 is 62.5 Å². The van der Waals surface area contributed by atoms with Crippen molar-refractivity contribution in [3.63, 3.8) is 0 Å². The number of imidazole rings is 2. The van der Waals surface area contributed by atoms with Crippen LogP contribution in [0.25, 0.3) is 22.3 Å². The number of ether oxygens (including phenoxy) is 2. The van der Waals surface area contributed by atoms with Crippen LogP contribution in [0.1, 0.15) is 25.8 Å². The van der Waals surface area contributed by atoms with Gasteiger partial charge < -0.3 is 31.2 Å². The van der Waals surface area contributed by atoms with Crippen LogP contribution in [0, 0.1) is 0 Å². The van der Waals surface area contributed by atoms with E-state index in [1.54, 1.807) is 0 Å². The van der Waals surface area contributed by atoms with Crippen LogP contribution >= 0.6 is 19.0 Å². The first-order valence-corrected chi connectivity index (χ1v) is 15.2. The number of nitrogens with one attached hydrogen (secondary N) is 1. The molecule has 1 saturated heterocycles. The third-order valence-corrected chi connectivity index (χ3v) is 8.09. The number of aromatic nitrogens is 8. The highest BCUT2D eigenvalue weighted by atomic mass is 32.7. The van der Waals surface area contributed by atoms with Crippen molar-refractivity contribution in [1.29, 1.82) is 0 Å². The van der Waals surface area contributed by atoms with Gasteiger partial charge in [-0.05, 0) is 6.92 Å². The van der Waals surface area contributed by atoms with Gasteiger partial charge in [-0.1, -0.05) is 12.2 Å². The fourth-order valence-electron chi connectivity index (χ4n) is 4.42. The van der Waals surface area contributed by atoms with Gasteiger partial charge in [-0.15, -0.1) is 0 Å². The van der Waals surface area contributed by atoms with E-state index in [0.717, 1.165) is 0 Å². The minimum absolute atomic E-state index is 0.0246. The summed E-state index contributed by atoms with van der Waals surface area (Å²) in [5.74, 6) is -0.0747. The smallest absolute Gasteiger partial charge is 0.386 e. The first kappa shape index (κ1) is 30.2. The number of H-pyrrole nitrogens is 1. The first-order chi connectivity index (χ1) is 20.0. The van der Waals surface area contributed by atoms with Gasteiger partial charge in [0, 0.05) is 6.42 Å². The van der Waals surface area contributed by atoms with Crippen molar-refractivity contribution >= 4 is 53.1 Å². The molecule has 0 bridgehead atoms. The summed E-state index contributed by atoms with van der Waals surface area (Å²) in [6.45, 7) is -4.79. The molecule has 7 atom stereocenters. The maximum absolute atomic E-state index is 14.1. The van der Waals surface area contributed by atoms with Gasteiger partial charge in [-0.25, -0.2) is 28.9 Å². The lowest BCUT2D eigenvalue weighted by molar-refractivity contribution is -0.121. The van der Waals surface area contributed by atoms with E-state index in [1.807, 2.05) is 0 Å². The molecule has 21 heteroatoms. The molecule has 1 unspecified atom stereocenters. The summed E-state index contributed by atoms with van der Waals surface area (Å²) < 4.78 is 52.7. The minimum atomic E-state index is -4.20. The molecule has 7 N–H and O–H groups in total. The van der Waals surface area contributed by atoms with Crippen LogP contribution in [-0.4, -0.2) is 93.6 Å². The normalized spacial score (nSPS) is 22.8. The van der Waals surface area contributed by atoms with Gasteiger partial charge in [-0.2, -0.15) is 4.98 Å². The number of hydrogen-bond acceptors (Lipinski definition) is 15. The maximum atomic E-state index is 14.1. The maximum Gasteiger partial charge on any atom is 0.386 e. The van der Waals surface area contributed by atoms with Crippen LogP contribution in [0.15, 0.2) is 23.8 Å². The van der Waals surface area contributed by atoms with Crippen LogP contribution < -0.4 is 17.0 Å². The van der Waals surface area contributed by atoms with Gasteiger partial charge in [0.25, 0.3) is 5.56 Å². The highest BCUT2D eigenvalue weighted by Gasteiger charge is 2.42. The Morgan fingerprint density at radius 3 is 2.74 bits per heavy atom. The Morgan fingerprint density at radius 1 is 1.26 bits per heavy atom. The highest BCUT2D eigenvalue weighted by Crippen LogP contribution is 2.56. The number of aliphatic hydroxyl groups is 2. The third-order valence-electron chi connectivity index (χ3n) is 6.44. The number of nitrogen functional groups attached to an aromatic ring is 2. The molecule has 5 heterocycles. The molecule has 1 aliphatic rings. The summed E-state index contributed by atoms with van der Waals surface area (Å²) in [6.07, 6.45) is -2.73. The Kier molecular flexibility index (Phi) is 8.76. The van der Waals surface area contributed by atoms with Crippen LogP contribution in [-0.2, 0) is 23.1 Å². The fraction of sp³-hybridized carbons (Fsp3) is 0.524. The topological polar surface area (TPSA) is 254 Å². The zero-order valence-electron chi connectivity index (χ0n) is 21.9. The number of hydrogen-bond donors (Lipinski definition) is 6. The second-order valence-corrected chi connectivity index (χ2v) is 12.2. The lowest BCUT2D eigenvalue weighted by Crippen LogP contribution is -2.34. The molecule has 1 fully saturated rings. The standard InChI is InChI=1S/C21H28FN10O8PS/c1-9(34)12(39-13(3-22)31-7-27-14-16(23)25-6-26-17(14)31)5-37-41(36,42)40-11-2-10(4-33)38-20(11)32-8-28-15-18(32)29-21(24)30-19(15)35/h6-13,20,33-34H,2-5H2,1H3,(H,36,42)(H2,23,25,26)(H3,24,29,30,35)/t9-,10+,11+,12-,13-,20-,41?/m1/s1. The van der Waals surface area contributed by atoms with Gasteiger partial charge in [0.05, 0.1) is 38.1 Å². The van der Waals surface area contributed by atoms with Gasteiger partial charge in [-0.3, -0.25) is 28.0 Å². The molecule has 0 amide bonds. The average Bonchev–Trinajstić information content (AvgIpc) is 3.66. The second kappa shape index (κ2) is 12.2. The van der Waals surface area contributed by atoms with Crippen LogP contribution in [0.2, 0.25) is 0 Å². The van der Waals surface area contributed by atoms with Gasteiger partial charge in [0.2, 0.25) is 5.95 Å². The third kappa shape index (κ3) is 6.11. The van der Waals surface area contributed by atoms with Crippen molar-refractivity contribution in [3.8, 4) is 0 Å². The number of alkyl halides is 1. The monoisotopic (exact) mass is 630 g/mol. The SMILES string of the molecule is C[C@@H](O)[C@@H](COP(=O)(S)O[C@H]1C[C@@H](CO)O[C@H]1n1cnc2c(=O)[nH]c(N)nc21)O[C@H](CF)n1cnc2c(N)ncnc21. The Labute approximate surface area is 240 Å². The lowest BCUT2D eigenvalue weighted by atomic mass is 10.2. The molecule has 228 valence electrons. The van der Waals surface area contributed by atoms with E-state index in [2.05, 4.69) is 42.2 Å². The molecule has 4 aromatic rings. The van der Waals surface area contributed by atoms with Crippen molar-refractivity contribution in [1.82, 2.24) is 39.0 Å². The largest absolute Gasteiger partial charge is 0.394 e. The Bertz CT molecular complexity index is 1670. The summed E-state index contributed by atoms with van der Waals surface area (Å²) in [6, 6.07) is 0. The molecule has 5 rings (SSSR count). The molecule has 4 aromatic heterocycles. The Balaban J connectivity index is 1.30. The molecule has 1 aliphatic heterocycles. The molecule has 0 aliphatic carbocycles. The molecule has 0 saturated carbocycles. The summed E-state index contributed by atoms with van der Waals surface area (Å²) >= 11 is 4.06. The number of aromatic amines is 1. The number of thiol groups is 1. The quantitative estimate of drug-likeness (QED) is 0.0895. The van der Waals surface area contributed by atoms with Crippen molar-refractivity contribution in [3.05, 3.63) is 29.3 Å². The van der Waals surface area contributed by atoms with E-state index in [9.17, 15) is 24.0 Å². The van der Waals surface area contributed by atoms with Crippen molar-refractivity contribution in [2.75, 3.05) is 31.4 Å². The van der Waals surface area contributed by atoms with Crippen LogP contribution in [0.5, 0.6) is 0 Å². The van der Waals surface area contributed by atoms with E-state index in [4.69, 9.17) is 30.0 Å². The number of fused-ring (bicyclic) bond motifs is 2. The number of rotatable bonds is 12. The number of nitrogens with two attached hydrogens (primary N) is 2. The van der Waals surface area contributed by atoms with Crippen LogP contribution in [0.3, 0.4) is 0 Å². The van der Waals surface area contributed by atoms with Gasteiger partial charge >= 0.3 is 6.80 Å². The summed E-state index contributed by atoms with van der Waals surface area (Å²) in [4.78, 5) is 34.6. The molecular weight excluding hydrogens is 602 g/mol. The van der Waals surface area contributed by atoms with Crippen molar-refractivity contribution in [2.45, 2.75) is 50.2 Å². The molecule has 42 heavy (non-hydrogen) atoms. The van der Waals surface area contributed by atoms with Gasteiger partial charge in [0.1, 0.15) is 30.7 Å². The van der Waals surface area contributed by atoms with Crippen LogP contribution in [0.4, 0.5) is 16.2 Å². The zero-order chi connectivity index (χ0) is 30.2. The first-order valence-electron chi connectivity index (χ1n) is 12.5. The molecular formula is C21H28FN10O8PS. The second-order valence-electron chi connectivity index (χ2n) is 9.36. The number of halogens is 1.